The van der Waals surface area contributed by atoms with E-state index >= 15 is 0 Å². The molecule has 8 rings (SSSR count). The lowest BCUT2D eigenvalue weighted by molar-refractivity contribution is -0.140. The highest BCUT2D eigenvalue weighted by molar-refractivity contribution is 5.84. The number of methoxy groups -OCH3 is 2. The zero-order valence-corrected chi connectivity index (χ0v) is 26.8. The second-order valence-electron chi connectivity index (χ2n) is 12.3. The number of ether oxygens (including phenoxy) is 2. The highest BCUT2D eigenvalue weighted by atomic mass is 19.4. The Labute approximate surface area is 277 Å². The van der Waals surface area contributed by atoms with Gasteiger partial charge in [0.1, 0.15) is 23.4 Å². The van der Waals surface area contributed by atoms with Crippen LogP contribution in [0.3, 0.4) is 0 Å². The molecule has 2 aliphatic carbocycles. The first-order chi connectivity index (χ1) is 23.6. The molecule has 0 unspecified atom stereocenters. The van der Waals surface area contributed by atoms with E-state index in [0.717, 1.165) is 43.1 Å². The summed E-state index contributed by atoms with van der Waals surface area (Å²) >= 11 is 0. The molecule has 2 saturated carbocycles. The lowest BCUT2D eigenvalue weighted by Crippen LogP contribution is -2.24. The third-order valence-corrected chi connectivity index (χ3v) is 8.84. The first-order valence-electron chi connectivity index (χ1n) is 15.8. The van der Waals surface area contributed by atoms with Gasteiger partial charge < -0.3 is 14.0 Å². The molecule has 0 saturated heterocycles. The summed E-state index contributed by atoms with van der Waals surface area (Å²) in [5.74, 6) is 1.47. The van der Waals surface area contributed by atoms with E-state index in [-0.39, 0.29) is 35.8 Å². The van der Waals surface area contributed by atoms with Gasteiger partial charge in [0.15, 0.2) is 11.5 Å². The molecule has 0 bridgehead atoms. The number of pyridine rings is 1. The molecule has 2 fully saturated rings. The predicted molar refractivity (Wildman–Crippen MR) is 172 cm³/mol. The van der Waals surface area contributed by atoms with Crippen LogP contribution in [0.15, 0.2) is 60.0 Å². The van der Waals surface area contributed by atoms with Crippen LogP contribution in [0.5, 0.6) is 11.8 Å². The van der Waals surface area contributed by atoms with E-state index in [1.54, 1.807) is 63.6 Å². The molecule has 0 spiro atoms. The van der Waals surface area contributed by atoms with Gasteiger partial charge in [0.2, 0.25) is 11.8 Å². The number of rotatable bonds is 9. The van der Waals surface area contributed by atoms with Crippen molar-refractivity contribution in [3.8, 4) is 45.7 Å². The maximum absolute atomic E-state index is 14.4. The first-order valence-corrected chi connectivity index (χ1v) is 15.8. The summed E-state index contributed by atoms with van der Waals surface area (Å²) in [5, 5.41) is 4.93. The number of aromatic nitrogens is 9. The Morgan fingerprint density at radius 1 is 0.918 bits per heavy atom. The molecule has 0 aliphatic heterocycles. The van der Waals surface area contributed by atoms with Crippen LogP contribution in [0.25, 0.3) is 44.9 Å². The number of alkyl halides is 3. The minimum absolute atomic E-state index is 0.00151. The summed E-state index contributed by atoms with van der Waals surface area (Å²) in [4.78, 5) is 36.7. The quantitative estimate of drug-likeness (QED) is 0.187. The molecule has 2 aliphatic rings. The fourth-order valence-electron chi connectivity index (χ4n) is 6.15. The number of hydrogen-bond donors (Lipinski definition) is 0. The molecule has 250 valence electrons. The lowest BCUT2D eigenvalue weighted by Gasteiger charge is -2.15. The molecular weight excluding hydrogens is 639 g/mol. The molecular formula is C34H30F3N9O3. The number of nitrogens with zero attached hydrogens (tertiary/aromatic N) is 9. The number of imidazole rings is 1. The molecule has 6 aromatic rings. The second kappa shape index (κ2) is 11.5. The lowest BCUT2D eigenvalue weighted by atomic mass is 10.1. The van der Waals surface area contributed by atoms with E-state index in [0.29, 0.717) is 45.0 Å². The zero-order valence-electron chi connectivity index (χ0n) is 26.8. The molecule has 0 atom stereocenters. The van der Waals surface area contributed by atoms with Gasteiger partial charge in [-0.3, -0.25) is 14.0 Å². The van der Waals surface area contributed by atoms with Crippen molar-refractivity contribution in [2.24, 2.45) is 7.05 Å². The summed E-state index contributed by atoms with van der Waals surface area (Å²) in [5.41, 5.74) is 2.61. The number of aryl methyl sites for hydroxylation is 1. The highest BCUT2D eigenvalue weighted by Crippen LogP contribution is 2.45. The molecule has 5 aromatic heterocycles. The standard InChI is InChI=1S/C34H30F3N9O3/c1-44-15-24(31(43-44)48-2)23-12-21-13-38-28(26-27(19-8-9-19)39-17-40-32(26)49-3)42-30(21)46(33(23)47)14-18-4-6-20(7-5-18)29-41-25(34(35,36)37)16-45(29)22-10-11-22/h4-7,12-13,15-17,19,22H,8-11,14H2,1-3H3. The molecule has 49 heavy (non-hydrogen) atoms. The van der Waals surface area contributed by atoms with Crippen molar-refractivity contribution >= 4 is 11.0 Å². The summed E-state index contributed by atoms with van der Waals surface area (Å²) in [6, 6.07) is 8.74. The van der Waals surface area contributed by atoms with Crippen LogP contribution in [0.2, 0.25) is 0 Å². The van der Waals surface area contributed by atoms with Crippen LogP contribution in [0.1, 0.15) is 54.6 Å². The summed E-state index contributed by atoms with van der Waals surface area (Å²) in [6.45, 7) is 0.102. The predicted octanol–water partition coefficient (Wildman–Crippen LogP) is 5.81. The molecule has 12 nitrogen and oxygen atoms in total. The van der Waals surface area contributed by atoms with Crippen molar-refractivity contribution in [1.82, 2.24) is 43.8 Å². The monoisotopic (exact) mass is 669 g/mol. The van der Waals surface area contributed by atoms with Crippen molar-refractivity contribution in [2.75, 3.05) is 14.2 Å². The Morgan fingerprint density at radius 3 is 2.35 bits per heavy atom. The Balaban J connectivity index is 1.25. The molecule has 0 amide bonds. The molecule has 0 N–H and O–H groups in total. The van der Waals surface area contributed by atoms with Crippen molar-refractivity contribution in [3.05, 3.63) is 82.6 Å². The minimum Gasteiger partial charge on any atom is -0.480 e. The van der Waals surface area contributed by atoms with E-state index in [1.807, 2.05) is 0 Å². The third-order valence-electron chi connectivity index (χ3n) is 8.84. The molecule has 1 aromatic carbocycles. The fraction of sp³-hybridized carbons (Fsp3) is 0.324. The fourth-order valence-corrected chi connectivity index (χ4v) is 6.15. The average Bonchev–Trinajstić information content (AvgIpc) is 4.04. The Morgan fingerprint density at radius 2 is 1.67 bits per heavy atom. The summed E-state index contributed by atoms with van der Waals surface area (Å²) in [7, 11) is 4.75. The van der Waals surface area contributed by atoms with Crippen molar-refractivity contribution in [3.63, 3.8) is 0 Å². The van der Waals surface area contributed by atoms with Crippen molar-refractivity contribution in [1.29, 1.82) is 0 Å². The normalized spacial score (nSPS) is 14.8. The van der Waals surface area contributed by atoms with Crippen LogP contribution < -0.4 is 15.0 Å². The average molecular weight is 670 g/mol. The summed E-state index contributed by atoms with van der Waals surface area (Å²) in [6.07, 6.45) is 4.94. The van der Waals surface area contributed by atoms with Gasteiger partial charge in [0.25, 0.3) is 5.56 Å². The van der Waals surface area contributed by atoms with Gasteiger partial charge >= 0.3 is 6.18 Å². The van der Waals surface area contributed by atoms with Gasteiger partial charge in [-0.05, 0) is 37.3 Å². The first kappa shape index (κ1) is 30.7. The minimum atomic E-state index is -4.55. The van der Waals surface area contributed by atoms with Gasteiger partial charge in [0, 0.05) is 48.5 Å². The SMILES string of the molecule is COc1nn(C)cc1-c1cc2cnc(-c3c(OC)ncnc3C3CC3)nc2n(Cc2ccc(-c3nc(C(F)(F)F)cn3C3CC3)cc2)c1=O. The maximum atomic E-state index is 14.4. The number of fused-ring (bicyclic) bond motifs is 1. The maximum Gasteiger partial charge on any atom is 0.434 e. The van der Waals surface area contributed by atoms with E-state index in [1.165, 1.54) is 20.5 Å². The van der Waals surface area contributed by atoms with E-state index in [9.17, 15) is 18.0 Å². The Kier molecular flexibility index (Phi) is 7.23. The van der Waals surface area contributed by atoms with Gasteiger partial charge in [-0.1, -0.05) is 24.3 Å². The van der Waals surface area contributed by atoms with E-state index < -0.39 is 11.9 Å². The van der Waals surface area contributed by atoms with Crippen LogP contribution in [-0.2, 0) is 19.8 Å². The highest BCUT2D eigenvalue weighted by Gasteiger charge is 2.37. The molecule has 0 radical (unpaired) electrons. The van der Waals surface area contributed by atoms with E-state index in [4.69, 9.17) is 14.5 Å². The van der Waals surface area contributed by atoms with E-state index in [2.05, 4.69) is 25.0 Å². The number of benzene rings is 1. The Hall–Kier alpha value is -5.60. The van der Waals surface area contributed by atoms with Crippen LogP contribution in [0.4, 0.5) is 13.2 Å². The topological polar surface area (TPSA) is 128 Å². The van der Waals surface area contributed by atoms with Gasteiger partial charge in [-0.2, -0.15) is 13.2 Å². The summed E-state index contributed by atoms with van der Waals surface area (Å²) < 4.78 is 56.5. The zero-order chi connectivity index (χ0) is 34.0. The molecule has 5 heterocycles. The van der Waals surface area contributed by atoms with Crippen molar-refractivity contribution in [2.45, 2.75) is 50.4 Å². The van der Waals surface area contributed by atoms with Crippen LogP contribution in [-0.4, -0.2) is 58.1 Å². The van der Waals surface area contributed by atoms with Crippen LogP contribution in [0, 0.1) is 0 Å². The largest absolute Gasteiger partial charge is 0.480 e. The number of halogens is 3. The third kappa shape index (κ3) is 5.58. The smallest absolute Gasteiger partial charge is 0.434 e. The van der Waals surface area contributed by atoms with Gasteiger partial charge in [-0.15, -0.1) is 5.10 Å². The van der Waals surface area contributed by atoms with Crippen LogP contribution >= 0.6 is 0 Å². The Bertz CT molecular complexity index is 2290. The second-order valence-corrected chi connectivity index (χ2v) is 12.3. The molecule has 15 heteroatoms. The number of hydrogen-bond acceptors (Lipinski definition) is 9. The van der Waals surface area contributed by atoms with Gasteiger partial charge in [-0.25, -0.2) is 24.9 Å². The van der Waals surface area contributed by atoms with Crippen molar-refractivity contribution < 1.29 is 22.6 Å². The van der Waals surface area contributed by atoms with Gasteiger partial charge in [0.05, 0.1) is 37.6 Å².